The van der Waals surface area contributed by atoms with Gasteiger partial charge < -0.3 is 26.9 Å². The van der Waals surface area contributed by atoms with Gasteiger partial charge in [0.25, 0.3) is 0 Å². The smallest absolute Gasteiger partial charge is 0.319 e. The van der Waals surface area contributed by atoms with Crippen molar-refractivity contribution in [3.05, 3.63) is 59.9 Å². The maximum atomic E-state index is 12.1. The number of hydrogen-bond acceptors (Lipinski definition) is 6. The van der Waals surface area contributed by atoms with Gasteiger partial charge in [0.2, 0.25) is 5.91 Å². The second-order valence-electron chi connectivity index (χ2n) is 6.04. The van der Waals surface area contributed by atoms with Crippen molar-refractivity contribution < 1.29 is 19.5 Å². The lowest BCUT2D eigenvalue weighted by molar-refractivity contribution is -0.137. The Morgan fingerprint density at radius 3 is 2.59 bits per heavy atom. The molecule has 10 heteroatoms. The van der Waals surface area contributed by atoms with E-state index in [-0.39, 0.29) is 25.3 Å². The number of aromatic nitrogens is 1. The van der Waals surface area contributed by atoms with Crippen LogP contribution in [0.1, 0.15) is 30.0 Å². The number of aliphatic carboxylic acids is 1. The van der Waals surface area contributed by atoms with Gasteiger partial charge in [-0.2, -0.15) is 5.10 Å². The molecule has 0 aliphatic heterocycles. The summed E-state index contributed by atoms with van der Waals surface area (Å²) in [5.74, 6) is 3.65. The van der Waals surface area contributed by atoms with Gasteiger partial charge >= 0.3 is 12.0 Å². The van der Waals surface area contributed by atoms with Gasteiger partial charge in [-0.3, -0.25) is 14.6 Å². The van der Waals surface area contributed by atoms with Crippen molar-refractivity contribution in [1.82, 2.24) is 15.6 Å². The van der Waals surface area contributed by atoms with Gasteiger partial charge in [-0.1, -0.05) is 18.2 Å². The fourth-order valence-electron chi connectivity index (χ4n) is 2.48. The van der Waals surface area contributed by atoms with E-state index in [0.717, 1.165) is 5.56 Å². The summed E-state index contributed by atoms with van der Waals surface area (Å²) in [6.07, 6.45) is 4.27. The Hall–Kier alpha value is -3.95. The molecule has 0 bridgehead atoms. The first-order valence-electron chi connectivity index (χ1n) is 8.77. The van der Waals surface area contributed by atoms with E-state index in [1.165, 1.54) is 12.4 Å². The molecule has 1 aromatic heterocycles. The van der Waals surface area contributed by atoms with Crippen molar-refractivity contribution in [2.45, 2.75) is 18.9 Å². The van der Waals surface area contributed by atoms with E-state index in [1.54, 1.807) is 42.6 Å². The molecule has 0 saturated heterocycles. The van der Waals surface area contributed by atoms with E-state index in [1.807, 2.05) is 0 Å². The summed E-state index contributed by atoms with van der Waals surface area (Å²) in [6, 6.07) is 9.04. The second-order valence-corrected chi connectivity index (χ2v) is 6.04. The summed E-state index contributed by atoms with van der Waals surface area (Å²) < 4.78 is 0. The minimum absolute atomic E-state index is 0.00426. The molecule has 6 N–H and O–H groups in total. The molecule has 2 aromatic rings. The number of amides is 3. The molecule has 152 valence electrons. The third kappa shape index (κ3) is 7.67. The Balaban J connectivity index is 1.78. The Bertz CT molecular complexity index is 855. The number of hydrogen-bond donors (Lipinski definition) is 5. The molecule has 0 fully saturated rings. The molecule has 29 heavy (non-hydrogen) atoms. The van der Waals surface area contributed by atoms with Gasteiger partial charge in [-0.15, -0.1) is 0 Å². The van der Waals surface area contributed by atoms with Crippen LogP contribution >= 0.6 is 0 Å². The third-order valence-corrected chi connectivity index (χ3v) is 3.83. The second kappa shape index (κ2) is 11.0. The Morgan fingerprint density at radius 1 is 1.21 bits per heavy atom. The monoisotopic (exact) mass is 398 g/mol. The summed E-state index contributed by atoms with van der Waals surface area (Å²) >= 11 is 0. The van der Waals surface area contributed by atoms with Crippen LogP contribution in [-0.4, -0.2) is 40.8 Å². The summed E-state index contributed by atoms with van der Waals surface area (Å²) in [5.41, 5.74) is 1.95. The number of carboxylic acids is 1. The van der Waals surface area contributed by atoms with E-state index < -0.39 is 18.0 Å². The zero-order valence-electron chi connectivity index (χ0n) is 15.5. The molecule has 0 spiro atoms. The van der Waals surface area contributed by atoms with Crippen molar-refractivity contribution in [3.63, 3.8) is 0 Å². The summed E-state index contributed by atoms with van der Waals surface area (Å²) in [4.78, 5) is 39.0. The van der Waals surface area contributed by atoms with Gasteiger partial charge in [-0.25, -0.2) is 4.79 Å². The number of rotatable bonds is 9. The lowest BCUT2D eigenvalue weighted by atomic mass is 10.1. The molecule has 10 nitrogen and oxygen atoms in total. The van der Waals surface area contributed by atoms with Crippen LogP contribution in [0, 0.1) is 0 Å². The van der Waals surface area contributed by atoms with Crippen molar-refractivity contribution in [2.75, 3.05) is 11.9 Å². The molecule has 1 atom stereocenters. The maximum absolute atomic E-state index is 12.1. The Morgan fingerprint density at radius 2 is 1.97 bits per heavy atom. The predicted octanol–water partition coefficient (Wildman–Crippen LogP) is 1.22. The molecule has 1 heterocycles. The zero-order valence-corrected chi connectivity index (χ0v) is 15.5. The van der Waals surface area contributed by atoms with Crippen molar-refractivity contribution >= 4 is 29.8 Å². The van der Waals surface area contributed by atoms with Gasteiger partial charge in [0.05, 0.1) is 18.7 Å². The molecule has 0 aliphatic rings. The molecular formula is C19H22N6O4. The first-order chi connectivity index (χ1) is 14.0. The van der Waals surface area contributed by atoms with E-state index >= 15 is 0 Å². The average molecular weight is 398 g/mol. The van der Waals surface area contributed by atoms with Gasteiger partial charge in [0.1, 0.15) is 0 Å². The normalized spacial score (nSPS) is 11.6. The van der Waals surface area contributed by atoms with Gasteiger partial charge in [0, 0.05) is 31.0 Å². The lowest BCUT2D eigenvalue weighted by Crippen LogP contribution is -2.35. The third-order valence-electron chi connectivity index (χ3n) is 3.83. The van der Waals surface area contributed by atoms with E-state index in [4.69, 9.17) is 10.9 Å². The highest BCUT2D eigenvalue weighted by molar-refractivity contribution is 5.90. The maximum Gasteiger partial charge on any atom is 0.319 e. The fraction of sp³-hybridized carbons (Fsp3) is 0.211. The standard InChI is InChI=1S/C19H22N6O4/c20-23-11-13-3-5-15(6-4-13)24-19(29)22-9-7-17(26)25-16(10-18(27)28)14-2-1-8-21-12-14/h1-6,8,11-12,16H,7,9-10,20H2,(H,25,26)(H,27,28)(H2,22,24,29). The molecule has 0 aliphatic carbocycles. The Kier molecular flexibility index (Phi) is 8.11. The van der Waals surface area contributed by atoms with Crippen LogP contribution < -0.4 is 21.8 Å². The van der Waals surface area contributed by atoms with Crippen molar-refractivity contribution in [2.24, 2.45) is 10.9 Å². The Labute approximate surface area is 167 Å². The highest BCUT2D eigenvalue weighted by Gasteiger charge is 2.18. The highest BCUT2D eigenvalue weighted by Crippen LogP contribution is 2.15. The van der Waals surface area contributed by atoms with E-state index in [0.29, 0.717) is 11.3 Å². The number of carboxylic acid groups (broad SMARTS) is 1. The number of pyridine rings is 1. The zero-order chi connectivity index (χ0) is 21.1. The van der Waals surface area contributed by atoms with Crippen LogP contribution in [0.3, 0.4) is 0 Å². The number of nitrogens with one attached hydrogen (secondary N) is 3. The predicted molar refractivity (Wildman–Crippen MR) is 107 cm³/mol. The lowest BCUT2D eigenvalue weighted by Gasteiger charge is -2.17. The number of nitrogens with zero attached hydrogens (tertiary/aromatic N) is 2. The average Bonchev–Trinajstić information content (AvgIpc) is 2.69. The molecule has 0 radical (unpaired) electrons. The van der Waals surface area contributed by atoms with Crippen LogP contribution in [0.25, 0.3) is 0 Å². The summed E-state index contributed by atoms with van der Waals surface area (Å²) in [6.45, 7) is 0.0857. The number of carbonyl (C=O) groups is 3. The number of nitrogens with two attached hydrogens (primary N) is 1. The largest absolute Gasteiger partial charge is 0.481 e. The first-order valence-corrected chi connectivity index (χ1v) is 8.77. The number of hydrazone groups is 1. The SMILES string of the molecule is NN=Cc1ccc(NC(=O)NCCC(=O)NC(CC(=O)O)c2cccnc2)cc1. The van der Waals surface area contributed by atoms with Crippen LogP contribution in [0.15, 0.2) is 53.9 Å². The number of urea groups is 1. The molecule has 3 amide bonds. The highest BCUT2D eigenvalue weighted by atomic mass is 16.4. The number of anilines is 1. The molecule has 0 saturated carbocycles. The van der Waals surface area contributed by atoms with Crippen LogP contribution in [0.4, 0.5) is 10.5 Å². The quantitative estimate of drug-likeness (QED) is 0.243. The van der Waals surface area contributed by atoms with Crippen LogP contribution in [0.2, 0.25) is 0 Å². The molecule has 1 aromatic carbocycles. The van der Waals surface area contributed by atoms with E-state index in [2.05, 4.69) is 26.0 Å². The van der Waals surface area contributed by atoms with Gasteiger partial charge in [0.15, 0.2) is 0 Å². The fourth-order valence-corrected chi connectivity index (χ4v) is 2.48. The first kappa shape index (κ1) is 21.4. The van der Waals surface area contributed by atoms with Crippen LogP contribution in [-0.2, 0) is 9.59 Å². The van der Waals surface area contributed by atoms with Crippen molar-refractivity contribution in [3.8, 4) is 0 Å². The summed E-state index contributed by atoms with van der Waals surface area (Å²) in [5, 5.41) is 20.3. The number of benzene rings is 1. The molecular weight excluding hydrogens is 376 g/mol. The minimum Gasteiger partial charge on any atom is -0.481 e. The topological polar surface area (TPSA) is 159 Å². The molecule has 2 rings (SSSR count). The van der Waals surface area contributed by atoms with Crippen LogP contribution in [0.5, 0.6) is 0 Å². The minimum atomic E-state index is -1.04. The van der Waals surface area contributed by atoms with Crippen molar-refractivity contribution in [1.29, 1.82) is 0 Å². The van der Waals surface area contributed by atoms with E-state index in [9.17, 15) is 14.4 Å². The molecule has 1 unspecified atom stereocenters. The number of carbonyl (C=O) groups excluding carboxylic acids is 2. The summed E-state index contributed by atoms with van der Waals surface area (Å²) in [7, 11) is 0. The van der Waals surface area contributed by atoms with Gasteiger partial charge in [-0.05, 0) is 29.3 Å².